The number of carbonyl (C=O) groups is 4. The second-order valence-electron chi connectivity index (χ2n) is 10.6. The van der Waals surface area contributed by atoms with E-state index in [1.165, 1.54) is 70.8 Å². The molecule has 15 nitrogen and oxygen atoms in total. The lowest BCUT2D eigenvalue weighted by Gasteiger charge is -2.49. The Morgan fingerprint density at radius 2 is 1.98 bits per heavy atom. The van der Waals surface area contributed by atoms with E-state index in [0.29, 0.717) is 22.9 Å². The Morgan fingerprint density at radius 1 is 1.24 bits per heavy atom. The van der Waals surface area contributed by atoms with Crippen molar-refractivity contribution in [2.24, 2.45) is 5.73 Å². The van der Waals surface area contributed by atoms with Crippen LogP contribution in [0.2, 0.25) is 0 Å². The fourth-order valence-corrected chi connectivity index (χ4v) is 8.55. The van der Waals surface area contributed by atoms with Crippen LogP contribution < -0.4 is 26.9 Å². The van der Waals surface area contributed by atoms with Crippen LogP contribution in [0.25, 0.3) is 0 Å². The number of benzene rings is 1. The van der Waals surface area contributed by atoms with Crippen LogP contribution in [0, 0.1) is 0 Å². The molecule has 0 radical (unpaired) electrons. The topological polar surface area (TPSA) is 214 Å². The fourth-order valence-electron chi connectivity index (χ4n) is 5.18. The first-order chi connectivity index (χ1) is 21.5. The molecule has 0 bridgehead atoms. The van der Waals surface area contributed by atoms with E-state index in [1.807, 2.05) is 7.05 Å². The summed E-state index contributed by atoms with van der Waals surface area (Å²) in [6.07, 6.45) is 4.73. The second-order valence-corrected chi connectivity index (χ2v) is 14.1. The monoisotopic (exact) mass is 672 g/mol. The maximum atomic E-state index is 13.9. The predicted molar refractivity (Wildman–Crippen MR) is 168 cm³/mol. The van der Waals surface area contributed by atoms with Gasteiger partial charge < -0.3 is 31.7 Å². The van der Waals surface area contributed by atoms with Crippen LogP contribution in [0.15, 0.2) is 57.0 Å². The summed E-state index contributed by atoms with van der Waals surface area (Å²) in [5.41, 5.74) is 8.44. The van der Waals surface area contributed by atoms with Crippen molar-refractivity contribution in [1.29, 1.82) is 0 Å². The third-order valence-electron chi connectivity index (χ3n) is 7.50. The van der Waals surface area contributed by atoms with Crippen molar-refractivity contribution in [3.63, 3.8) is 0 Å². The molecule has 4 heterocycles. The third-order valence-corrected chi connectivity index (χ3v) is 11.0. The molecule has 45 heavy (non-hydrogen) atoms. The number of anilines is 1. The summed E-state index contributed by atoms with van der Waals surface area (Å²) in [6, 6.07) is 1.62. The van der Waals surface area contributed by atoms with E-state index in [-0.39, 0.29) is 28.6 Å². The summed E-state index contributed by atoms with van der Waals surface area (Å²) in [4.78, 5) is 74.5. The minimum Gasteiger partial charge on any atom is -0.508 e. The third kappa shape index (κ3) is 6.09. The predicted octanol–water partition coefficient (Wildman–Crippen LogP) is 1.35. The largest absolute Gasteiger partial charge is 0.508 e. The highest BCUT2D eigenvalue weighted by atomic mass is 32.2. The summed E-state index contributed by atoms with van der Waals surface area (Å²) in [6.45, 7) is 0. The number of phenolic OH excluding ortho intramolecular Hbond substituents is 1. The SMILES string of the molecule is CN1NC=C(SCC2=C(C(=O)O)N3C(=O)C(NC(=O)C(c4ccc(O)cc4)N(C(N)=O)c4cnc(C5CC5)[nH]c4=O)[C@@H]3SC2)S1. The van der Waals surface area contributed by atoms with E-state index >= 15 is 0 Å². The van der Waals surface area contributed by atoms with Gasteiger partial charge in [0.1, 0.15) is 40.4 Å². The number of urea groups is 1. The molecule has 4 amide bonds. The highest BCUT2D eigenvalue weighted by Crippen LogP contribution is 2.43. The number of aromatic nitrogens is 2. The standard InChI is InChI=1S/C27H28N8O7S3/c1-33-30-9-17(45-33)43-10-14-11-44-25-18(24(39)35(25)20(14)26(40)41)31-23(38)19(12-4-6-15(36)7-5-12)34(27(28)42)16-8-29-21(13-2-3-13)32-22(16)37/h4-9,13,18-19,25,30,36H,2-3,10-11H2,1H3,(H2,28,42)(H,31,38)(H,40,41)(H,29,32,37)/t18?,19?,25-/m0/s1. The number of H-pyrrole nitrogens is 1. The van der Waals surface area contributed by atoms with E-state index in [1.54, 1.807) is 10.6 Å². The summed E-state index contributed by atoms with van der Waals surface area (Å²) in [5, 5.41) is 21.8. The second kappa shape index (κ2) is 12.3. The van der Waals surface area contributed by atoms with Crippen LogP contribution in [0.3, 0.4) is 0 Å². The minimum absolute atomic E-state index is 0.103. The summed E-state index contributed by atoms with van der Waals surface area (Å²) in [7, 11) is 1.85. The van der Waals surface area contributed by atoms with Crippen LogP contribution in [-0.2, 0) is 14.4 Å². The molecule has 1 aromatic carbocycles. The number of carboxylic acids is 1. The molecule has 4 aliphatic rings. The van der Waals surface area contributed by atoms with Gasteiger partial charge in [-0.3, -0.25) is 24.2 Å². The molecule has 1 aliphatic carbocycles. The smallest absolute Gasteiger partial charge is 0.352 e. The van der Waals surface area contributed by atoms with Gasteiger partial charge in [-0.25, -0.2) is 14.6 Å². The number of nitrogens with one attached hydrogen (secondary N) is 3. The quantitative estimate of drug-likeness (QED) is 0.156. The molecule has 3 atom stereocenters. The van der Waals surface area contributed by atoms with E-state index in [4.69, 9.17) is 5.73 Å². The van der Waals surface area contributed by atoms with Gasteiger partial charge in [-0.1, -0.05) is 12.1 Å². The maximum Gasteiger partial charge on any atom is 0.352 e. The molecular formula is C27H28N8O7S3. The van der Waals surface area contributed by atoms with E-state index in [0.717, 1.165) is 22.0 Å². The molecular weight excluding hydrogens is 645 g/mol. The van der Waals surface area contributed by atoms with E-state index in [9.17, 15) is 34.2 Å². The zero-order valence-corrected chi connectivity index (χ0v) is 26.1. The first-order valence-corrected chi connectivity index (χ1v) is 16.5. The first-order valence-electron chi connectivity index (χ1n) is 13.7. The van der Waals surface area contributed by atoms with Crippen LogP contribution in [0.1, 0.15) is 36.2 Å². The number of β-lactam (4-membered cyclic amide) rings is 1. The number of aromatic amines is 1. The Kier molecular flexibility index (Phi) is 8.47. The van der Waals surface area contributed by atoms with Crippen LogP contribution in [0.4, 0.5) is 10.5 Å². The molecule has 18 heteroatoms. The number of rotatable bonds is 10. The molecule has 2 fully saturated rings. The first kappa shape index (κ1) is 30.9. The van der Waals surface area contributed by atoms with Crippen LogP contribution >= 0.6 is 35.5 Å². The number of nitrogens with two attached hydrogens (primary N) is 1. The summed E-state index contributed by atoms with van der Waals surface area (Å²) in [5.74, 6) is -1.56. The number of aliphatic carboxylic acids is 1. The van der Waals surface area contributed by atoms with Crippen LogP contribution in [0.5, 0.6) is 5.75 Å². The van der Waals surface area contributed by atoms with Crippen molar-refractivity contribution in [3.05, 3.63) is 73.9 Å². The van der Waals surface area contributed by atoms with Crippen LogP contribution in [-0.4, -0.2) is 83.3 Å². The van der Waals surface area contributed by atoms with Gasteiger partial charge in [0, 0.05) is 30.7 Å². The molecule has 2 unspecified atom stereocenters. The lowest BCUT2D eigenvalue weighted by Crippen LogP contribution is -2.71. The Balaban J connectivity index is 1.26. The number of carbonyl (C=O) groups excluding carboxylic acids is 3. The fraction of sp³-hybridized carbons (Fsp3) is 0.333. The van der Waals surface area contributed by atoms with Gasteiger partial charge in [0.25, 0.3) is 11.5 Å². The van der Waals surface area contributed by atoms with Crippen molar-refractivity contribution in [1.82, 2.24) is 30.0 Å². The van der Waals surface area contributed by atoms with E-state index < -0.39 is 46.8 Å². The average Bonchev–Trinajstić information content (AvgIpc) is 3.78. The number of hydrogen-bond acceptors (Lipinski definition) is 12. The highest BCUT2D eigenvalue weighted by Gasteiger charge is 2.55. The number of nitrogens with zero attached hydrogens (tertiary/aromatic N) is 4. The van der Waals surface area contributed by atoms with Crippen molar-refractivity contribution >= 4 is 65.0 Å². The van der Waals surface area contributed by atoms with Gasteiger partial charge in [-0.15, -0.1) is 23.5 Å². The Hall–Kier alpha value is -4.13. The number of thioether (sulfide) groups is 2. The zero-order valence-electron chi connectivity index (χ0n) is 23.6. The molecule has 1 saturated carbocycles. The summed E-state index contributed by atoms with van der Waals surface area (Å²) < 4.78 is 2.74. The number of hydrazine groups is 1. The lowest BCUT2D eigenvalue weighted by atomic mass is 10.00. The number of aromatic hydroxyl groups is 1. The number of phenols is 1. The molecule has 2 aromatic rings. The Bertz CT molecular complexity index is 1690. The van der Waals surface area contributed by atoms with Gasteiger partial charge in [0.05, 0.1) is 10.4 Å². The van der Waals surface area contributed by atoms with Crippen molar-refractivity contribution in [3.8, 4) is 5.75 Å². The van der Waals surface area contributed by atoms with Crippen molar-refractivity contribution < 1.29 is 29.4 Å². The number of carboxylic acid groups (broad SMARTS) is 1. The average molecular weight is 673 g/mol. The Morgan fingerprint density at radius 3 is 2.58 bits per heavy atom. The normalized spacial score (nSPS) is 21.8. The summed E-state index contributed by atoms with van der Waals surface area (Å²) >= 11 is 4.22. The highest BCUT2D eigenvalue weighted by molar-refractivity contribution is 8.21. The van der Waals surface area contributed by atoms with Gasteiger partial charge in [0.2, 0.25) is 5.91 Å². The molecule has 236 valence electrons. The van der Waals surface area contributed by atoms with Crippen molar-refractivity contribution in [2.45, 2.75) is 36.2 Å². The number of fused-ring (bicyclic) bond motifs is 1. The van der Waals surface area contributed by atoms with Gasteiger partial charge in [-0.2, -0.15) is 4.41 Å². The molecule has 6 rings (SSSR count). The molecule has 0 spiro atoms. The number of hydrogen-bond donors (Lipinski definition) is 6. The van der Waals surface area contributed by atoms with Gasteiger partial charge in [0.15, 0.2) is 0 Å². The molecule has 7 N–H and O–H groups in total. The molecule has 1 aromatic heterocycles. The zero-order chi connectivity index (χ0) is 32.0. The number of amides is 4. The van der Waals surface area contributed by atoms with Gasteiger partial charge in [-0.05, 0) is 48.1 Å². The Labute approximate surface area is 268 Å². The molecule has 3 aliphatic heterocycles. The number of primary amides is 1. The van der Waals surface area contributed by atoms with Crippen molar-refractivity contribution in [2.75, 3.05) is 23.5 Å². The molecule has 1 saturated heterocycles. The minimum atomic E-state index is -1.53. The van der Waals surface area contributed by atoms with Gasteiger partial charge >= 0.3 is 12.0 Å². The maximum absolute atomic E-state index is 13.9. The lowest BCUT2D eigenvalue weighted by molar-refractivity contribution is -0.150. The van der Waals surface area contributed by atoms with E-state index in [2.05, 4.69) is 20.7 Å².